The average molecular weight is 548 g/mol. The number of aryl methyl sites for hydroxylation is 1. The molecule has 2 aliphatic rings. The molecule has 0 bridgehead atoms. The molecule has 0 radical (unpaired) electrons. The van der Waals surface area contributed by atoms with E-state index in [4.69, 9.17) is 9.47 Å². The van der Waals surface area contributed by atoms with E-state index in [-0.39, 0.29) is 17.4 Å². The lowest BCUT2D eigenvalue weighted by atomic mass is 9.75. The zero-order valence-electron chi connectivity index (χ0n) is 21.8. The molecule has 0 atom stereocenters. The van der Waals surface area contributed by atoms with Crippen LogP contribution in [0.25, 0.3) is 15.3 Å². The minimum Gasteiger partial charge on any atom is -0.481 e. The van der Waals surface area contributed by atoms with Crippen molar-refractivity contribution in [1.29, 1.82) is 0 Å². The van der Waals surface area contributed by atoms with Gasteiger partial charge in [-0.15, -0.1) is 11.3 Å². The Hall–Kier alpha value is -3.87. The summed E-state index contributed by atoms with van der Waals surface area (Å²) in [7, 11) is 1.57. The van der Waals surface area contributed by atoms with E-state index < -0.39 is 0 Å². The number of nitrogens with one attached hydrogen (secondary N) is 2. The van der Waals surface area contributed by atoms with Crippen LogP contribution in [0.5, 0.6) is 5.88 Å². The molecule has 0 aromatic carbocycles. The standard InChI is InChI=1S/C27H29N7O4S/c1-17-21(11-18(12-29-17)31-23(35)15-33-9-10-38-16-27(33)6-4-7-27)32-24(36)20-13-30-34-14-22(39-26(20)34)19-5-3-8-28-25(19)37-2/h3,5,8,11-14H,4,6-7,9-10,15-16H2,1-2H3,(H,31,35)(H,32,36). The lowest BCUT2D eigenvalue weighted by Crippen LogP contribution is -2.62. The van der Waals surface area contributed by atoms with E-state index in [1.165, 1.54) is 17.8 Å². The summed E-state index contributed by atoms with van der Waals surface area (Å²) in [5.41, 5.74) is 2.94. The van der Waals surface area contributed by atoms with E-state index in [0.29, 0.717) is 53.1 Å². The molecule has 11 nitrogen and oxygen atoms in total. The molecule has 12 heteroatoms. The summed E-state index contributed by atoms with van der Waals surface area (Å²) in [6.07, 6.45) is 9.95. The quantitative estimate of drug-likeness (QED) is 0.360. The molecule has 4 aromatic rings. The van der Waals surface area contributed by atoms with Crippen LogP contribution < -0.4 is 15.4 Å². The molecule has 1 aliphatic carbocycles. The summed E-state index contributed by atoms with van der Waals surface area (Å²) < 4.78 is 12.7. The van der Waals surface area contributed by atoms with Crippen LogP contribution in [0, 0.1) is 6.92 Å². The molecule has 39 heavy (non-hydrogen) atoms. The number of ether oxygens (including phenoxy) is 2. The SMILES string of the molecule is COc1ncccc1-c1cn2ncc(C(=O)Nc3cc(NC(=O)CN4CCOCC45CCC5)cnc3C)c2s1. The number of amides is 2. The van der Waals surface area contributed by atoms with Crippen LogP contribution in [0.3, 0.4) is 0 Å². The minimum atomic E-state index is -0.315. The minimum absolute atomic E-state index is 0.000979. The second-order valence-electron chi connectivity index (χ2n) is 9.87. The van der Waals surface area contributed by atoms with Gasteiger partial charge in [0.05, 0.1) is 72.3 Å². The van der Waals surface area contributed by atoms with Gasteiger partial charge in [0.1, 0.15) is 4.83 Å². The Balaban J connectivity index is 1.17. The van der Waals surface area contributed by atoms with Gasteiger partial charge in [-0.1, -0.05) is 0 Å². The fourth-order valence-corrected chi connectivity index (χ4v) is 6.23. The van der Waals surface area contributed by atoms with Gasteiger partial charge in [-0.2, -0.15) is 5.10 Å². The largest absolute Gasteiger partial charge is 0.481 e. The molecule has 1 aliphatic heterocycles. The highest BCUT2D eigenvalue weighted by Crippen LogP contribution is 2.39. The topological polar surface area (TPSA) is 123 Å². The summed E-state index contributed by atoms with van der Waals surface area (Å²) in [6, 6.07) is 5.48. The third-order valence-corrected chi connectivity index (χ3v) is 8.60. The van der Waals surface area contributed by atoms with Crippen LogP contribution in [0.15, 0.2) is 43.0 Å². The van der Waals surface area contributed by atoms with Crippen LogP contribution in [0.2, 0.25) is 0 Å². The Kier molecular flexibility index (Phi) is 6.75. The first-order chi connectivity index (χ1) is 19.0. The predicted octanol–water partition coefficient (Wildman–Crippen LogP) is 3.62. The summed E-state index contributed by atoms with van der Waals surface area (Å²) in [4.78, 5) is 38.6. The number of morpholine rings is 1. The molecule has 5 heterocycles. The van der Waals surface area contributed by atoms with E-state index in [0.717, 1.165) is 29.8 Å². The summed E-state index contributed by atoms with van der Waals surface area (Å²) >= 11 is 1.42. The van der Waals surface area contributed by atoms with Gasteiger partial charge >= 0.3 is 0 Å². The normalized spacial score (nSPS) is 16.7. The monoisotopic (exact) mass is 547 g/mol. The van der Waals surface area contributed by atoms with Crippen molar-refractivity contribution in [3.63, 3.8) is 0 Å². The fraction of sp³-hybridized carbons (Fsp3) is 0.370. The van der Waals surface area contributed by atoms with Crippen molar-refractivity contribution in [2.75, 3.05) is 44.0 Å². The second kappa shape index (κ2) is 10.4. The highest BCUT2D eigenvalue weighted by molar-refractivity contribution is 7.21. The Bertz CT molecular complexity index is 1540. The molecular weight excluding hydrogens is 518 g/mol. The first-order valence-corrected chi connectivity index (χ1v) is 13.6. The van der Waals surface area contributed by atoms with Gasteiger partial charge in [0.25, 0.3) is 5.91 Å². The summed E-state index contributed by atoms with van der Waals surface area (Å²) in [6.45, 7) is 4.18. The highest BCUT2D eigenvalue weighted by Gasteiger charge is 2.45. The number of hydrogen-bond donors (Lipinski definition) is 2. The molecule has 1 saturated carbocycles. The van der Waals surface area contributed by atoms with Gasteiger partial charge in [-0.25, -0.2) is 9.50 Å². The average Bonchev–Trinajstić information content (AvgIpc) is 3.51. The van der Waals surface area contributed by atoms with Gasteiger partial charge in [-0.05, 0) is 44.4 Å². The second-order valence-corrected chi connectivity index (χ2v) is 10.9. The maximum atomic E-state index is 13.3. The number of aromatic nitrogens is 4. The lowest BCUT2D eigenvalue weighted by Gasteiger charge is -2.52. The number of methoxy groups -OCH3 is 1. The third-order valence-electron chi connectivity index (χ3n) is 7.46. The van der Waals surface area contributed by atoms with Crippen LogP contribution in [-0.4, -0.2) is 75.2 Å². The smallest absolute Gasteiger partial charge is 0.260 e. The molecule has 6 rings (SSSR count). The number of anilines is 2. The Labute approximate surface area is 229 Å². The molecule has 202 valence electrons. The molecule has 4 aromatic heterocycles. The fourth-order valence-electron chi connectivity index (χ4n) is 5.16. The number of hydrogen-bond acceptors (Lipinski definition) is 9. The van der Waals surface area contributed by atoms with Crippen molar-refractivity contribution in [3.05, 3.63) is 54.2 Å². The Morgan fingerprint density at radius 2 is 2.10 bits per heavy atom. The van der Waals surface area contributed by atoms with E-state index in [1.54, 1.807) is 43.2 Å². The molecule has 1 saturated heterocycles. The number of carbonyl (C=O) groups is 2. The van der Waals surface area contributed by atoms with Crippen LogP contribution >= 0.6 is 11.3 Å². The maximum Gasteiger partial charge on any atom is 0.260 e. The van der Waals surface area contributed by atoms with E-state index >= 15 is 0 Å². The predicted molar refractivity (Wildman–Crippen MR) is 147 cm³/mol. The van der Waals surface area contributed by atoms with Crippen LogP contribution in [0.1, 0.15) is 35.3 Å². The van der Waals surface area contributed by atoms with Gasteiger partial charge in [0.2, 0.25) is 11.8 Å². The van der Waals surface area contributed by atoms with E-state index in [2.05, 4.69) is 30.6 Å². The first-order valence-electron chi connectivity index (χ1n) is 12.8. The lowest BCUT2D eigenvalue weighted by molar-refractivity contribution is -0.131. The Morgan fingerprint density at radius 1 is 1.23 bits per heavy atom. The summed E-state index contributed by atoms with van der Waals surface area (Å²) in [5, 5.41) is 10.2. The van der Waals surface area contributed by atoms with Crippen molar-refractivity contribution < 1.29 is 19.1 Å². The molecule has 1 spiro atoms. The number of fused-ring (bicyclic) bond motifs is 1. The summed E-state index contributed by atoms with van der Waals surface area (Å²) in [5.74, 6) is 0.0802. The van der Waals surface area contributed by atoms with Crippen molar-refractivity contribution in [1.82, 2.24) is 24.5 Å². The van der Waals surface area contributed by atoms with E-state index in [9.17, 15) is 9.59 Å². The molecule has 2 amide bonds. The zero-order chi connectivity index (χ0) is 27.0. The third kappa shape index (κ3) is 4.86. The number of carbonyl (C=O) groups excluding carboxylic acids is 2. The first kappa shape index (κ1) is 25.4. The molecule has 2 fully saturated rings. The van der Waals surface area contributed by atoms with Crippen LogP contribution in [-0.2, 0) is 9.53 Å². The van der Waals surface area contributed by atoms with Gasteiger partial charge in [0, 0.05) is 24.5 Å². The molecule has 2 N–H and O–H groups in total. The van der Waals surface area contributed by atoms with Crippen LogP contribution in [0.4, 0.5) is 11.4 Å². The van der Waals surface area contributed by atoms with E-state index in [1.807, 2.05) is 18.3 Å². The number of rotatable bonds is 7. The molecule has 0 unspecified atom stereocenters. The van der Waals surface area contributed by atoms with Crippen molar-refractivity contribution in [2.45, 2.75) is 31.7 Å². The zero-order valence-corrected chi connectivity index (χ0v) is 22.6. The number of nitrogens with zero attached hydrogens (tertiary/aromatic N) is 5. The van der Waals surface area contributed by atoms with Gasteiger partial charge in [0.15, 0.2) is 0 Å². The van der Waals surface area contributed by atoms with Gasteiger partial charge < -0.3 is 20.1 Å². The Morgan fingerprint density at radius 3 is 2.90 bits per heavy atom. The van der Waals surface area contributed by atoms with Crippen molar-refractivity contribution >= 4 is 39.4 Å². The highest BCUT2D eigenvalue weighted by atomic mass is 32.1. The van der Waals surface area contributed by atoms with Gasteiger partial charge in [-0.3, -0.25) is 19.5 Å². The maximum absolute atomic E-state index is 13.3. The number of thiazole rings is 1. The van der Waals surface area contributed by atoms with Crippen molar-refractivity contribution in [3.8, 4) is 16.3 Å². The van der Waals surface area contributed by atoms with Crippen molar-refractivity contribution in [2.24, 2.45) is 0 Å². The molecular formula is C27H29N7O4S. The number of pyridine rings is 2.